The van der Waals surface area contributed by atoms with E-state index in [2.05, 4.69) is 21.8 Å². The summed E-state index contributed by atoms with van der Waals surface area (Å²) in [5, 5.41) is 0. The van der Waals surface area contributed by atoms with Gasteiger partial charge >= 0.3 is 0 Å². The van der Waals surface area contributed by atoms with Crippen molar-refractivity contribution in [1.82, 2.24) is 19.9 Å². The summed E-state index contributed by atoms with van der Waals surface area (Å²) in [5.41, 5.74) is 4.57. The number of nitrogens with one attached hydrogen (secondary N) is 1. The first-order valence-corrected chi connectivity index (χ1v) is 9.55. The smallest absolute Gasteiger partial charge is 0.254 e. The van der Waals surface area contributed by atoms with Gasteiger partial charge in [0.1, 0.15) is 17.3 Å². The van der Waals surface area contributed by atoms with E-state index in [-0.39, 0.29) is 5.56 Å². The van der Waals surface area contributed by atoms with Crippen molar-refractivity contribution in [2.24, 2.45) is 0 Å². The van der Waals surface area contributed by atoms with Gasteiger partial charge in [-0.1, -0.05) is 0 Å². The number of H-pyrrole nitrogens is 1. The van der Waals surface area contributed by atoms with Gasteiger partial charge in [0.05, 0.1) is 19.9 Å². The molecule has 1 N–H and O–H groups in total. The molecule has 0 saturated heterocycles. The van der Waals surface area contributed by atoms with Gasteiger partial charge in [-0.05, 0) is 37.1 Å². The van der Waals surface area contributed by atoms with Gasteiger partial charge in [0, 0.05) is 54.8 Å². The number of hydrogen-bond donors (Lipinski definition) is 1. The zero-order valence-electron chi connectivity index (χ0n) is 16.9. The topological polar surface area (TPSA) is 80.3 Å². The van der Waals surface area contributed by atoms with Crippen LogP contribution in [-0.2, 0) is 19.5 Å². The van der Waals surface area contributed by atoms with Crippen LogP contribution in [0.5, 0.6) is 11.5 Å². The van der Waals surface area contributed by atoms with Gasteiger partial charge in [-0.25, -0.2) is 4.98 Å². The third-order valence-corrected chi connectivity index (χ3v) is 5.33. The molecule has 0 radical (unpaired) electrons. The molecular weight excluding hydrogens is 368 g/mol. The molecule has 0 unspecified atom stereocenters. The van der Waals surface area contributed by atoms with Crippen molar-refractivity contribution in [3.63, 3.8) is 0 Å². The number of aryl methyl sites for hydroxylation is 1. The zero-order valence-corrected chi connectivity index (χ0v) is 16.9. The van der Waals surface area contributed by atoms with E-state index in [0.717, 1.165) is 52.5 Å². The number of nitrogens with zero attached hydrogens (tertiary/aromatic N) is 3. The Kier molecular flexibility index (Phi) is 5.31. The minimum atomic E-state index is -0.0632. The van der Waals surface area contributed by atoms with E-state index in [1.165, 1.54) is 0 Å². The highest BCUT2D eigenvalue weighted by atomic mass is 16.5. The summed E-state index contributed by atoms with van der Waals surface area (Å²) in [6.07, 6.45) is 4.08. The van der Waals surface area contributed by atoms with Crippen molar-refractivity contribution in [3.8, 4) is 22.9 Å². The lowest BCUT2D eigenvalue weighted by atomic mass is 10.0. The number of fused-ring (bicyclic) bond motifs is 1. The maximum Gasteiger partial charge on any atom is 0.254 e. The lowest BCUT2D eigenvalue weighted by Crippen LogP contribution is -2.35. The molecule has 0 saturated carbocycles. The monoisotopic (exact) mass is 392 g/mol. The fourth-order valence-electron chi connectivity index (χ4n) is 3.75. The number of hydrogen-bond acceptors (Lipinski definition) is 6. The van der Waals surface area contributed by atoms with Crippen LogP contribution in [0.15, 0.2) is 41.5 Å². The van der Waals surface area contributed by atoms with Crippen LogP contribution in [0, 0.1) is 6.92 Å². The van der Waals surface area contributed by atoms with Crippen molar-refractivity contribution in [2.75, 3.05) is 20.8 Å². The predicted molar refractivity (Wildman–Crippen MR) is 110 cm³/mol. The Morgan fingerprint density at radius 2 is 2.10 bits per heavy atom. The normalized spacial score (nSPS) is 13.8. The number of benzene rings is 1. The third-order valence-electron chi connectivity index (χ3n) is 5.33. The Hall–Kier alpha value is -3.19. The summed E-state index contributed by atoms with van der Waals surface area (Å²) >= 11 is 0. The number of methoxy groups -OCH3 is 2. The molecule has 0 atom stereocenters. The molecule has 0 amide bonds. The lowest BCUT2D eigenvalue weighted by molar-refractivity contribution is 0.236. The summed E-state index contributed by atoms with van der Waals surface area (Å²) < 4.78 is 10.9. The Bertz CT molecular complexity index is 1080. The Balaban J connectivity index is 1.62. The van der Waals surface area contributed by atoms with Gasteiger partial charge in [-0.3, -0.25) is 14.7 Å². The number of pyridine rings is 1. The Labute approximate surface area is 169 Å². The first kappa shape index (κ1) is 19.1. The molecule has 1 aromatic carbocycles. The first-order chi connectivity index (χ1) is 14.1. The van der Waals surface area contributed by atoms with Crippen LogP contribution in [0.1, 0.15) is 22.4 Å². The number of aromatic nitrogens is 3. The lowest BCUT2D eigenvalue weighted by Gasteiger charge is -2.29. The van der Waals surface area contributed by atoms with Crippen LogP contribution in [-0.4, -0.2) is 40.6 Å². The van der Waals surface area contributed by atoms with Gasteiger partial charge in [0.25, 0.3) is 5.56 Å². The summed E-state index contributed by atoms with van der Waals surface area (Å²) in [6, 6.07) is 7.65. The molecule has 0 spiro atoms. The average molecular weight is 392 g/mol. The Morgan fingerprint density at radius 1 is 1.24 bits per heavy atom. The number of aromatic amines is 1. The molecule has 4 rings (SSSR count). The average Bonchev–Trinajstić information content (AvgIpc) is 2.75. The van der Waals surface area contributed by atoms with Crippen molar-refractivity contribution in [3.05, 3.63) is 69.4 Å². The minimum absolute atomic E-state index is 0.0632. The molecule has 3 heterocycles. The van der Waals surface area contributed by atoms with Crippen LogP contribution in [0.3, 0.4) is 0 Å². The van der Waals surface area contributed by atoms with Gasteiger partial charge in [0.15, 0.2) is 0 Å². The molecule has 2 aromatic heterocycles. The molecule has 3 aromatic rings. The van der Waals surface area contributed by atoms with Crippen molar-refractivity contribution < 1.29 is 9.47 Å². The van der Waals surface area contributed by atoms with Crippen molar-refractivity contribution in [2.45, 2.75) is 26.4 Å². The van der Waals surface area contributed by atoms with E-state index in [1.807, 2.05) is 24.3 Å². The molecule has 7 nitrogen and oxygen atoms in total. The second-order valence-electron chi connectivity index (χ2n) is 7.17. The maximum absolute atomic E-state index is 12.6. The second kappa shape index (κ2) is 8.05. The summed E-state index contributed by atoms with van der Waals surface area (Å²) in [7, 11) is 3.32. The van der Waals surface area contributed by atoms with E-state index < -0.39 is 0 Å². The van der Waals surface area contributed by atoms with Gasteiger partial charge in [0.2, 0.25) is 0 Å². The molecule has 1 aliphatic heterocycles. The molecular formula is C22H24N4O3. The third kappa shape index (κ3) is 3.86. The van der Waals surface area contributed by atoms with E-state index in [0.29, 0.717) is 18.8 Å². The predicted octanol–water partition coefficient (Wildman–Crippen LogP) is 2.72. The minimum Gasteiger partial charge on any atom is -0.497 e. The molecule has 29 heavy (non-hydrogen) atoms. The van der Waals surface area contributed by atoms with Gasteiger partial charge < -0.3 is 14.5 Å². The highest BCUT2D eigenvalue weighted by Crippen LogP contribution is 2.30. The first-order valence-electron chi connectivity index (χ1n) is 9.55. The van der Waals surface area contributed by atoms with Crippen molar-refractivity contribution >= 4 is 0 Å². The van der Waals surface area contributed by atoms with Crippen LogP contribution in [0.25, 0.3) is 11.4 Å². The fraction of sp³-hybridized carbons (Fsp3) is 0.318. The molecule has 0 bridgehead atoms. The highest BCUT2D eigenvalue weighted by Gasteiger charge is 2.23. The van der Waals surface area contributed by atoms with Crippen LogP contribution < -0.4 is 15.0 Å². The fourth-order valence-corrected chi connectivity index (χ4v) is 3.75. The Morgan fingerprint density at radius 3 is 2.83 bits per heavy atom. The summed E-state index contributed by atoms with van der Waals surface area (Å²) in [6.45, 7) is 4.18. The van der Waals surface area contributed by atoms with Gasteiger partial charge in [-0.15, -0.1) is 0 Å². The van der Waals surface area contributed by atoms with Gasteiger partial charge in [-0.2, -0.15) is 0 Å². The van der Waals surface area contributed by atoms with Crippen LogP contribution in [0.4, 0.5) is 0 Å². The van der Waals surface area contributed by atoms with E-state index in [1.54, 1.807) is 26.6 Å². The second-order valence-corrected chi connectivity index (χ2v) is 7.17. The molecule has 0 fully saturated rings. The maximum atomic E-state index is 12.6. The SMILES string of the molecule is COc1cc(C)c(CN2CCc3c(nc(-c4cccnc4)[nH]c3=O)C2)c(OC)c1. The van der Waals surface area contributed by atoms with Crippen LogP contribution >= 0.6 is 0 Å². The summed E-state index contributed by atoms with van der Waals surface area (Å²) in [5.74, 6) is 2.14. The van der Waals surface area contributed by atoms with E-state index in [9.17, 15) is 4.79 Å². The molecule has 7 heteroatoms. The molecule has 0 aliphatic carbocycles. The number of ether oxygens (including phenoxy) is 2. The highest BCUT2D eigenvalue weighted by molar-refractivity contribution is 5.53. The molecule has 150 valence electrons. The quantitative estimate of drug-likeness (QED) is 0.719. The van der Waals surface area contributed by atoms with E-state index >= 15 is 0 Å². The van der Waals surface area contributed by atoms with E-state index in [4.69, 9.17) is 14.5 Å². The zero-order chi connectivity index (χ0) is 20.4. The van der Waals surface area contributed by atoms with Crippen molar-refractivity contribution in [1.29, 1.82) is 0 Å². The largest absolute Gasteiger partial charge is 0.497 e. The summed E-state index contributed by atoms with van der Waals surface area (Å²) in [4.78, 5) is 26.6. The standard InChI is InChI=1S/C22H24N4O3/c1-14-9-16(28-2)10-20(29-3)18(14)12-26-8-6-17-19(13-26)24-21(25-22(17)27)15-5-4-7-23-11-15/h4-5,7,9-11H,6,8,12-13H2,1-3H3,(H,24,25,27). The number of rotatable bonds is 5. The molecule has 1 aliphatic rings. The van der Waals surface area contributed by atoms with Crippen LogP contribution in [0.2, 0.25) is 0 Å².